The van der Waals surface area contributed by atoms with E-state index < -0.39 is 10.0 Å². The summed E-state index contributed by atoms with van der Waals surface area (Å²) >= 11 is 0. The average molecular weight is 305 g/mol. The summed E-state index contributed by atoms with van der Waals surface area (Å²) in [4.78, 5) is 2.36. The molecule has 1 heterocycles. The van der Waals surface area contributed by atoms with Crippen LogP contribution in [0.15, 0.2) is 0 Å². The van der Waals surface area contributed by atoms with Crippen LogP contribution in [0.2, 0.25) is 0 Å². The lowest BCUT2D eigenvalue weighted by molar-refractivity contribution is 0.224. The van der Waals surface area contributed by atoms with E-state index in [1.54, 1.807) is 4.31 Å². The molecule has 0 radical (unpaired) electrons. The van der Waals surface area contributed by atoms with Crippen LogP contribution in [0.3, 0.4) is 0 Å². The summed E-state index contributed by atoms with van der Waals surface area (Å²) in [6, 6.07) is 0.385. The third-order valence-electron chi connectivity index (χ3n) is 4.18. The molecule has 6 heteroatoms. The normalized spacial score (nSPS) is 22.6. The van der Waals surface area contributed by atoms with Gasteiger partial charge < -0.3 is 5.32 Å². The zero-order valence-corrected chi connectivity index (χ0v) is 14.2. The molecule has 1 N–H and O–H groups in total. The van der Waals surface area contributed by atoms with Gasteiger partial charge in [-0.05, 0) is 39.4 Å². The van der Waals surface area contributed by atoms with Crippen LogP contribution < -0.4 is 5.32 Å². The maximum atomic E-state index is 12.5. The van der Waals surface area contributed by atoms with Gasteiger partial charge in [-0.3, -0.25) is 4.90 Å². The lowest BCUT2D eigenvalue weighted by Crippen LogP contribution is -2.43. The zero-order valence-electron chi connectivity index (χ0n) is 13.4. The van der Waals surface area contributed by atoms with Gasteiger partial charge in [-0.25, -0.2) is 12.7 Å². The van der Waals surface area contributed by atoms with Crippen molar-refractivity contribution in [3.05, 3.63) is 0 Å². The summed E-state index contributed by atoms with van der Waals surface area (Å²) in [5.41, 5.74) is 0. The van der Waals surface area contributed by atoms with Crippen molar-refractivity contribution in [2.75, 3.05) is 39.3 Å². The van der Waals surface area contributed by atoms with Gasteiger partial charge in [-0.1, -0.05) is 20.8 Å². The van der Waals surface area contributed by atoms with E-state index in [1.807, 2.05) is 6.92 Å². The Morgan fingerprint density at radius 2 is 1.95 bits per heavy atom. The molecule has 0 aromatic heterocycles. The van der Waals surface area contributed by atoms with Crippen molar-refractivity contribution >= 4 is 10.0 Å². The first kappa shape index (κ1) is 17.9. The van der Waals surface area contributed by atoms with Crippen molar-refractivity contribution < 1.29 is 8.42 Å². The van der Waals surface area contributed by atoms with Gasteiger partial charge in [0, 0.05) is 25.7 Å². The van der Waals surface area contributed by atoms with E-state index >= 15 is 0 Å². The fourth-order valence-electron chi connectivity index (χ4n) is 2.82. The van der Waals surface area contributed by atoms with Crippen LogP contribution in [-0.2, 0) is 10.0 Å². The van der Waals surface area contributed by atoms with E-state index in [0.717, 1.165) is 32.5 Å². The van der Waals surface area contributed by atoms with Crippen LogP contribution in [0.1, 0.15) is 40.5 Å². The first-order valence-electron chi connectivity index (χ1n) is 7.91. The molecule has 1 saturated heterocycles. The molecule has 20 heavy (non-hydrogen) atoms. The lowest BCUT2D eigenvalue weighted by atomic mass is 10.2. The minimum absolute atomic E-state index is 0.343. The predicted molar refractivity (Wildman–Crippen MR) is 84.4 cm³/mol. The number of hydrogen-bond acceptors (Lipinski definition) is 4. The number of sulfonamides is 1. The van der Waals surface area contributed by atoms with Gasteiger partial charge in [0.05, 0.1) is 5.25 Å². The molecule has 120 valence electrons. The summed E-state index contributed by atoms with van der Waals surface area (Å²) in [5.74, 6) is 0. The van der Waals surface area contributed by atoms with E-state index in [1.165, 1.54) is 0 Å². The topological polar surface area (TPSA) is 52.7 Å². The van der Waals surface area contributed by atoms with Crippen LogP contribution in [0.5, 0.6) is 0 Å². The van der Waals surface area contributed by atoms with E-state index in [2.05, 4.69) is 31.0 Å². The summed E-state index contributed by atoms with van der Waals surface area (Å²) in [6.07, 6.45) is 1.98. The number of likely N-dealkylation sites (N-methyl/N-ethyl adjacent to an activating group) is 1. The van der Waals surface area contributed by atoms with Crippen LogP contribution in [0, 0.1) is 0 Å². The molecule has 0 amide bonds. The Labute approximate surface area is 124 Å². The Bertz CT molecular complexity index is 369. The number of nitrogens with zero attached hydrogens (tertiary/aromatic N) is 2. The van der Waals surface area contributed by atoms with E-state index in [9.17, 15) is 8.42 Å². The van der Waals surface area contributed by atoms with Crippen molar-refractivity contribution in [2.24, 2.45) is 0 Å². The fraction of sp³-hybridized carbons (Fsp3) is 1.00. The highest BCUT2D eigenvalue weighted by Crippen LogP contribution is 2.20. The largest absolute Gasteiger partial charge is 0.315 e. The molecular weight excluding hydrogens is 274 g/mol. The quantitative estimate of drug-likeness (QED) is 0.649. The van der Waals surface area contributed by atoms with Gasteiger partial charge in [0.2, 0.25) is 10.0 Å². The van der Waals surface area contributed by atoms with Gasteiger partial charge in [0.25, 0.3) is 0 Å². The highest BCUT2D eigenvalue weighted by atomic mass is 32.2. The molecule has 0 saturated carbocycles. The summed E-state index contributed by atoms with van der Waals surface area (Å²) in [6.45, 7) is 12.9. The molecule has 1 fully saturated rings. The predicted octanol–water partition coefficient (Wildman–Crippen LogP) is 1.12. The maximum absolute atomic E-state index is 12.5. The Morgan fingerprint density at radius 3 is 2.50 bits per heavy atom. The standard InChI is InChI=1S/C14H31N3O2S/c1-5-9-15-11-13(4)20(18,19)17-10-8-14(12-17)16(6-2)7-3/h13-15H,5-12H2,1-4H3. The first-order chi connectivity index (χ1) is 9.47. The molecule has 0 bridgehead atoms. The maximum Gasteiger partial charge on any atom is 0.218 e. The van der Waals surface area contributed by atoms with Crippen molar-refractivity contribution in [3.8, 4) is 0 Å². The Kier molecular flexibility index (Phi) is 7.43. The zero-order chi connectivity index (χ0) is 15.2. The number of rotatable bonds is 9. The molecule has 2 unspecified atom stereocenters. The van der Waals surface area contributed by atoms with Gasteiger partial charge in [0.1, 0.15) is 0 Å². The monoisotopic (exact) mass is 305 g/mol. The van der Waals surface area contributed by atoms with Gasteiger partial charge in [-0.15, -0.1) is 0 Å². The van der Waals surface area contributed by atoms with Crippen molar-refractivity contribution in [2.45, 2.75) is 51.8 Å². The molecule has 0 aromatic carbocycles. The van der Waals surface area contributed by atoms with Gasteiger partial charge >= 0.3 is 0 Å². The van der Waals surface area contributed by atoms with E-state index in [0.29, 0.717) is 25.7 Å². The fourth-order valence-corrected chi connectivity index (χ4v) is 4.40. The van der Waals surface area contributed by atoms with E-state index in [-0.39, 0.29) is 5.25 Å². The van der Waals surface area contributed by atoms with Crippen LogP contribution in [0.4, 0.5) is 0 Å². The molecule has 5 nitrogen and oxygen atoms in total. The molecule has 1 aliphatic heterocycles. The number of nitrogens with one attached hydrogen (secondary N) is 1. The Balaban J connectivity index is 2.57. The molecule has 0 aromatic rings. The highest BCUT2D eigenvalue weighted by molar-refractivity contribution is 7.89. The first-order valence-corrected chi connectivity index (χ1v) is 9.41. The molecule has 1 aliphatic rings. The average Bonchev–Trinajstić information content (AvgIpc) is 2.90. The minimum atomic E-state index is -3.16. The van der Waals surface area contributed by atoms with Gasteiger partial charge in [-0.2, -0.15) is 0 Å². The smallest absolute Gasteiger partial charge is 0.218 e. The van der Waals surface area contributed by atoms with Crippen molar-refractivity contribution in [1.82, 2.24) is 14.5 Å². The summed E-state index contributed by atoms with van der Waals surface area (Å²) in [5, 5.41) is 2.86. The summed E-state index contributed by atoms with van der Waals surface area (Å²) in [7, 11) is -3.16. The molecule has 0 aliphatic carbocycles. The van der Waals surface area contributed by atoms with Crippen LogP contribution >= 0.6 is 0 Å². The van der Waals surface area contributed by atoms with Crippen molar-refractivity contribution in [3.63, 3.8) is 0 Å². The minimum Gasteiger partial charge on any atom is -0.315 e. The Hall–Kier alpha value is -0.170. The molecular formula is C14H31N3O2S. The second-order valence-corrected chi connectivity index (χ2v) is 7.93. The van der Waals surface area contributed by atoms with Gasteiger partial charge in [0.15, 0.2) is 0 Å². The second kappa shape index (κ2) is 8.32. The highest BCUT2D eigenvalue weighted by Gasteiger charge is 2.36. The lowest BCUT2D eigenvalue weighted by Gasteiger charge is -2.27. The van der Waals surface area contributed by atoms with E-state index in [4.69, 9.17) is 0 Å². The third-order valence-corrected chi connectivity index (χ3v) is 6.42. The van der Waals surface area contributed by atoms with Crippen molar-refractivity contribution in [1.29, 1.82) is 0 Å². The Morgan fingerprint density at radius 1 is 1.30 bits per heavy atom. The molecule has 0 spiro atoms. The number of hydrogen-bond donors (Lipinski definition) is 1. The van der Waals surface area contributed by atoms with Crippen LogP contribution in [-0.4, -0.2) is 68.2 Å². The third kappa shape index (κ3) is 4.41. The SMILES string of the molecule is CCCNCC(C)S(=O)(=O)N1CCC(N(CC)CC)C1. The molecule has 2 atom stereocenters. The van der Waals surface area contributed by atoms with Crippen LogP contribution in [0.25, 0.3) is 0 Å². The second-order valence-electron chi connectivity index (χ2n) is 5.58. The molecule has 1 rings (SSSR count). The summed E-state index contributed by atoms with van der Waals surface area (Å²) < 4.78 is 26.8.